The van der Waals surface area contributed by atoms with Gasteiger partial charge >= 0.3 is 0 Å². The van der Waals surface area contributed by atoms with Gasteiger partial charge in [-0.3, -0.25) is 0 Å². The number of fused-ring (bicyclic) bond motifs is 2. The van der Waals surface area contributed by atoms with Gasteiger partial charge in [-0.2, -0.15) is 0 Å². The summed E-state index contributed by atoms with van der Waals surface area (Å²) in [5.41, 5.74) is 4.88. The van der Waals surface area contributed by atoms with Crippen LogP contribution in [0, 0.1) is 0 Å². The molecule has 0 fully saturated rings. The molecule has 0 amide bonds. The van der Waals surface area contributed by atoms with Crippen LogP contribution in [0.25, 0.3) is 11.1 Å². The van der Waals surface area contributed by atoms with Crippen molar-refractivity contribution in [1.29, 1.82) is 0 Å². The second kappa shape index (κ2) is 4.73. The van der Waals surface area contributed by atoms with Crippen molar-refractivity contribution in [3.8, 4) is 11.1 Å². The molecule has 1 N–H and O–H groups in total. The molecule has 1 aliphatic rings. The lowest BCUT2D eigenvalue weighted by Gasteiger charge is -2.21. The lowest BCUT2D eigenvalue weighted by molar-refractivity contribution is 1.31. The third-order valence-corrected chi connectivity index (χ3v) is 4.61. The average Bonchev–Trinajstić information content (AvgIpc) is 2.53. The molecule has 0 saturated carbocycles. The first-order valence-corrected chi connectivity index (χ1v) is 7.45. The fourth-order valence-electron chi connectivity index (χ4n) is 2.45. The molecule has 0 radical (unpaired) electrons. The van der Waals surface area contributed by atoms with Gasteiger partial charge in [0.25, 0.3) is 0 Å². The molecule has 96 valence electrons. The molecule has 20 heavy (non-hydrogen) atoms. The van der Waals surface area contributed by atoms with E-state index >= 15 is 0 Å². The van der Waals surface area contributed by atoms with Crippen molar-refractivity contribution < 1.29 is 0 Å². The number of hydrogen-bond donors (Lipinski definition) is 1. The van der Waals surface area contributed by atoms with Crippen molar-refractivity contribution in [2.75, 3.05) is 5.32 Å². The van der Waals surface area contributed by atoms with Crippen LogP contribution in [0.4, 0.5) is 11.4 Å². The van der Waals surface area contributed by atoms with E-state index in [4.69, 9.17) is 0 Å². The number of anilines is 2. The number of rotatable bonds is 1. The number of para-hydroxylation sites is 1. The van der Waals surface area contributed by atoms with E-state index in [1.165, 1.54) is 32.3 Å². The largest absolute Gasteiger partial charge is 0.354 e. The van der Waals surface area contributed by atoms with E-state index < -0.39 is 0 Å². The van der Waals surface area contributed by atoms with E-state index in [1.807, 2.05) is 17.8 Å². The Balaban J connectivity index is 1.77. The first-order valence-electron chi connectivity index (χ1n) is 6.63. The van der Waals surface area contributed by atoms with Gasteiger partial charge in [-0.05, 0) is 35.4 Å². The summed E-state index contributed by atoms with van der Waals surface area (Å²) < 4.78 is 0. The summed E-state index contributed by atoms with van der Waals surface area (Å²) in [6, 6.07) is 25.5. The lowest BCUT2D eigenvalue weighted by Crippen LogP contribution is -1.99. The van der Waals surface area contributed by atoms with E-state index in [2.05, 4.69) is 72.0 Å². The topological polar surface area (TPSA) is 12.0 Å². The summed E-state index contributed by atoms with van der Waals surface area (Å²) in [5, 5.41) is 3.53. The van der Waals surface area contributed by atoms with Crippen LogP contribution in [0.15, 0.2) is 82.6 Å². The number of nitrogens with one attached hydrogen (secondary N) is 1. The van der Waals surface area contributed by atoms with Crippen LogP contribution in [-0.4, -0.2) is 0 Å². The summed E-state index contributed by atoms with van der Waals surface area (Å²) in [5.74, 6) is 0. The minimum atomic E-state index is 1.19. The van der Waals surface area contributed by atoms with Crippen molar-refractivity contribution >= 4 is 23.1 Å². The lowest BCUT2D eigenvalue weighted by atomic mass is 10.1. The van der Waals surface area contributed by atoms with Gasteiger partial charge in [0.15, 0.2) is 0 Å². The third-order valence-electron chi connectivity index (χ3n) is 3.46. The van der Waals surface area contributed by atoms with Gasteiger partial charge in [0.1, 0.15) is 0 Å². The van der Waals surface area contributed by atoms with E-state index in [1.54, 1.807) is 0 Å². The van der Waals surface area contributed by atoms with Gasteiger partial charge in [-0.1, -0.05) is 60.3 Å². The van der Waals surface area contributed by atoms with Crippen molar-refractivity contribution in [3.05, 3.63) is 72.8 Å². The smallest absolute Gasteiger partial charge is 0.0532 e. The van der Waals surface area contributed by atoms with Crippen molar-refractivity contribution in [2.45, 2.75) is 9.79 Å². The molecule has 4 rings (SSSR count). The van der Waals surface area contributed by atoms with Crippen molar-refractivity contribution in [2.24, 2.45) is 0 Å². The maximum absolute atomic E-state index is 3.53. The molecule has 0 saturated heterocycles. The Morgan fingerprint density at radius 3 is 2.25 bits per heavy atom. The van der Waals surface area contributed by atoms with E-state index in [0.717, 1.165) is 0 Å². The molecule has 0 spiro atoms. The highest BCUT2D eigenvalue weighted by atomic mass is 32.2. The summed E-state index contributed by atoms with van der Waals surface area (Å²) in [7, 11) is 0. The molecular formula is C18H13NS. The number of benzene rings is 3. The molecular weight excluding hydrogens is 262 g/mol. The SMILES string of the molecule is c1ccc(-c2ccc3c(c2)Nc2ccccc2S3)cc1. The van der Waals surface area contributed by atoms with E-state index in [0.29, 0.717) is 0 Å². The molecule has 0 aromatic heterocycles. The zero-order valence-electron chi connectivity index (χ0n) is 10.8. The maximum Gasteiger partial charge on any atom is 0.0532 e. The Morgan fingerprint density at radius 1 is 0.600 bits per heavy atom. The maximum atomic E-state index is 3.53. The first kappa shape index (κ1) is 11.6. The second-order valence-corrected chi connectivity index (χ2v) is 5.88. The second-order valence-electron chi connectivity index (χ2n) is 4.80. The van der Waals surface area contributed by atoms with Crippen LogP contribution < -0.4 is 5.32 Å². The predicted octanol–water partition coefficient (Wildman–Crippen LogP) is 5.56. The quantitative estimate of drug-likeness (QED) is 0.488. The zero-order valence-corrected chi connectivity index (χ0v) is 11.7. The minimum Gasteiger partial charge on any atom is -0.354 e. The molecule has 3 aromatic carbocycles. The van der Waals surface area contributed by atoms with Gasteiger partial charge in [0.05, 0.1) is 11.4 Å². The Labute approximate surface area is 122 Å². The predicted molar refractivity (Wildman–Crippen MR) is 85.7 cm³/mol. The van der Waals surface area contributed by atoms with Crippen LogP contribution in [0.2, 0.25) is 0 Å². The summed E-state index contributed by atoms with van der Waals surface area (Å²) in [6.45, 7) is 0. The summed E-state index contributed by atoms with van der Waals surface area (Å²) in [4.78, 5) is 2.57. The molecule has 0 aliphatic carbocycles. The zero-order chi connectivity index (χ0) is 13.4. The van der Waals surface area contributed by atoms with Crippen LogP contribution in [0.1, 0.15) is 0 Å². The fraction of sp³-hybridized carbons (Fsp3) is 0. The Kier molecular flexibility index (Phi) is 2.75. The summed E-state index contributed by atoms with van der Waals surface area (Å²) >= 11 is 1.82. The average molecular weight is 275 g/mol. The van der Waals surface area contributed by atoms with Crippen molar-refractivity contribution in [1.82, 2.24) is 0 Å². The molecule has 0 atom stereocenters. The molecule has 2 heteroatoms. The highest BCUT2D eigenvalue weighted by molar-refractivity contribution is 7.99. The fourth-order valence-corrected chi connectivity index (χ4v) is 3.42. The highest BCUT2D eigenvalue weighted by Crippen LogP contribution is 2.45. The van der Waals surface area contributed by atoms with Crippen LogP contribution in [0.5, 0.6) is 0 Å². The molecule has 1 heterocycles. The van der Waals surface area contributed by atoms with Gasteiger partial charge in [0.2, 0.25) is 0 Å². The Hall–Kier alpha value is -2.19. The van der Waals surface area contributed by atoms with Gasteiger partial charge < -0.3 is 5.32 Å². The standard InChI is InChI=1S/C18H13NS/c1-2-6-13(7-3-1)14-10-11-18-16(12-14)19-15-8-4-5-9-17(15)20-18/h1-12,19H. The third kappa shape index (κ3) is 1.98. The minimum absolute atomic E-state index is 1.19. The normalized spacial score (nSPS) is 12.2. The number of hydrogen-bond acceptors (Lipinski definition) is 2. The van der Waals surface area contributed by atoms with Crippen LogP contribution in [0.3, 0.4) is 0 Å². The van der Waals surface area contributed by atoms with Crippen molar-refractivity contribution in [3.63, 3.8) is 0 Å². The molecule has 0 bridgehead atoms. The molecule has 1 aliphatic heterocycles. The molecule has 0 unspecified atom stereocenters. The molecule has 1 nitrogen and oxygen atoms in total. The van der Waals surface area contributed by atoms with E-state index in [-0.39, 0.29) is 0 Å². The van der Waals surface area contributed by atoms with Gasteiger partial charge in [0, 0.05) is 9.79 Å². The van der Waals surface area contributed by atoms with E-state index in [9.17, 15) is 0 Å². The van der Waals surface area contributed by atoms with Gasteiger partial charge in [-0.15, -0.1) is 0 Å². The first-order chi connectivity index (χ1) is 9.90. The molecule has 3 aromatic rings. The van der Waals surface area contributed by atoms with Crippen LogP contribution in [-0.2, 0) is 0 Å². The Bertz CT molecular complexity index is 765. The Morgan fingerprint density at radius 2 is 1.35 bits per heavy atom. The monoisotopic (exact) mass is 275 g/mol. The van der Waals surface area contributed by atoms with Crippen LogP contribution >= 0.6 is 11.8 Å². The summed E-state index contributed by atoms with van der Waals surface area (Å²) in [6.07, 6.45) is 0. The van der Waals surface area contributed by atoms with Gasteiger partial charge in [-0.25, -0.2) is 0 Å². The highest BCUT2D eigenvalue weighted by Gasteiger charge is 2.15.